The first kappa shape index (κ1) is 13.4. The number of aliphatic hydroxyl groups excluding tert-OH is 1. The molecule has 0 heterocycles. The predicted octanol–water partition coefficient (Wildman–Crippen LogP) is 1.94. The molecule has 0 aliphatic heterocycles. The molecule has 0 amide bonds. The van der Waals surface area contributed by atoms with E-state index in [2.05, 4.69) is 0 Å². The zero-order chi connectivity index (χ0) is 9.84. The lowest BCUT2D eigenvalue weighted by Gasteiger charge is -2.10. The van der Waals surface area contributed by atoms with Gasteiger partial charge in [-0.15, -0.1) is 12.4 Å². The highest BCUT2D eigenvalue weighted by molar-refractivity contribution is 5.85. The molecule has 0 saturated carbocycles. The first-order valence-electron chi connectivity index (χ1n) is 4.27. The minimum absolute atomic E-state index is 0. The van der Waals surface area contributed by atoms with Gasteiger partial charge in [-0.05, 0) is 30.5 Å². The molecule has 0 saturated heterocycles. The first-order chi connectivity index (χ1) is 6.15. The summed E-state index contributed by atoms with van der Waals surface area (Å²) in [5, 5.41) is 8.67. The molecule has 0 aliphatic rings. The van der Waals surface area contributed by atoms with Gasteiger partial charge in [-0.1, -0.05) is 12.1 Å². The summed E-state index contributed by atoms with van der Waals surface area (Å²) in [6.45, 7) is 1.75. The average Bonchev–Trinajstić information content (AvgIpc) is 2.10. The normalized spacial score (nSPS) is 12.0. The van der Waals surface area contributed by atoms with E-state index in [1.54, 1.807) is 19.1 Å². The van der Waals surface area contributed by atoms with Gasteiger partial charge in [0.25, 0.3) is 0 Å². The zero-order valence-corrected chi connectivity index (χ0v) is 8.85. The van der Waals surface area contributed by atoms with Gasteiger partial charge in [-0.3, -0.25) is 0 Å². The molecule has 1 atom stereocenters. The maximum Gasteiger partial charge on any atom is 0.126 e. The fourth-order valence-electron chi connectivity index (χ4n) is 1.20. The number of hydrogen-bond acceptors (Lipinski definition) is 2. The number of aliphatic hydroxyl groups is 1. The van der Waals surface area contributed by atoms with Crippen LogP contribution in [0.1, 0.15) is 23.6 Å². The number of benzene rings is 1. The molecule has 0 bridgehead atoms. The summed E-state index contributed by atoms with van der Waals surface area (Å²) in [6.07, 6.45) is 0.505. The van der Waals surface area contributed by atoms with Gasteiger partial charge in [-0.25, -0.2) is 4.39 Å². The molecule has 0 aliphatic carbocycles. The molecule has 1 aromatic carbocycles. The fraction of sp³-hybridized carbons (Fsp3) is 0.400. The Morgan fingerprint density at radius 1 is 1.50 bits per heavy atom. The van der Waals surface area contributed by atoms with Crippen LogP contribution in [0.4, 0.5) is 4.39 Å². The lowest BCUT2D eigenvalue weighted by molar-refractivity contribution is 0.276. The molecular weight excluding hydrogens is 205 g/mol. The van der Waals surface area contributed by atoms with Gasteiger partial charge in [0.05, 0.1) is 0 Å². The second-order valence-electron chi connectivity index (χ2n) is 3.13. The summed E-state index contributed by atoms with van der Waals surface area (Å²) < 4.78 is 12.9. The van der Waals surface area contributed by atoms with Crippen LogP contribution < -0.4 is 5.73 Å². The van der Waals surface area contributed by atoms with Gasteiger partial charge in [-0.2, -0.15) is 0 Å². The molecule has 3 N–H and O–H groups in total. The molecule has 0 radical (unpaired) electrons. The monoisotopic (exact) mass is 219 g/mol. The van der Waals surface area contributed by atoms with E-state index in [4.69, 9.17) is 10.8 Å². The molecule has 2 nitrogen and oxygen atoms in total. The Labute approximate surface area is 89.3 Å². The highest BCUT2D eigenvalue weighted by Crippen LogP contribution is 2.16. The van der Waals surface area contributed by atoms with Crippen molar-refractivity contribution in [2.24, 2.45) is 5.73 Å². The Morgan fingerprint density at radius 2 is 2.14 bits per heavy atom. The minimum atomic E-state index is -0.222. The molecular formula is C10H15ClFNO. The van der Waals surface area contributed by atoms with Crippen molar-refractivity contribution < 1.29 is 9.50 Å². The third-order valence-electron chi connectivity index (χ3n) is 2.05. The van der Waals surface area contributed by atoms with E-state index in [-0.39, 0.29) is 30.9 Å². The van der Waals surface area contributed by atoms with E-state index in [0.29, 0.717) is 12.0 Å². The van der Waals surface area contributed by atoms with Gasteiger partial charge < -0.3 is 10.8 Å². The van der Waals surface area contributed by atoms with Crippen molar-refractivity contribution in [3.63, 3.8) is 0 Å². The van der Waals surface area contributed by atoms with Crippen molar-refractivity contribution >= 4 is 12.4 Å². The number of aryl methyl sites for hydroxylation is 1. The standard InChI is InChI=1S/C10H14FNO.ClH/c1-7-6-8(2-3-9(7)11)10(12)4-5-13;/h2-3,6,10,13H,4-5,12H2,1H3;1H/t10-;/m0./s1. The van der Waals surface area contributed by atoms with Crippen molar-refractivity contribution in [2.75, 3.05) is 6.61 Å². The Morgan fingerprint density at radius 3 is 2.64 bits per heavy atom. The number of rotatable bonds is 3. The smallest absolute Gasteiger partial charge is 0.126 e. The van der Waals surface area contributed by atoms with Crippen LogP contribution in [0, 0.1) is 12.7 Å². The summed E-state index contributed by atoms with van der Waals surface area (Å²) in [5.74, 6) is -0.222. The number of hydrogen-bond donors (Lipinski definition) is 2. The van der Waals surface area contributed by atoms with Crippen LogP contribution in [0.5, 0.6) is 0 Å². The maximum atomic E-state index is 12.9. The molecule has 4 heteroatoms. The van der Waals surface area contributed by atoms with E-state index in [0.717, 1.165) is 5.56 Å². The van der Waals surface area contributed by atoms with Gasteiger partial charge in [0.15, 0.2) is 0 Å². The minimum Gasteiger partial charge on any atom is -0.396 e. The van der Waals surface area contributed by atoms with Crippen molar-refractivity contribution in [3.05, 3.63) is 35.1 Å². The van der Waals surface area contributed by atoms with Gasteiger partial charge in [0, 0.05) is 12.6 Å². The number of nitrogens with two attached hydrogens (primary N) is 1. The van der Waals surface area contributed by atoms with Crippen LogP contribution in [-0.4, -0.2) is 11.7 Å². The van der Waals surface area contributed by atoms with Crippen molar-refractivity contribution in [1.82, 2.24) is 0 Å². The van der Waals surface area contributed by atoms with Crippen LogP contribution in [-0.2, 0) is 0 Å². The van der Waals surface area contributed by atoms with E-state index in [9.17, 15) is 4.39 Å². The van der Waals surface area contributed by atoms with Gasteiger partial charge in [0.1, 0.15) is 5.82 Å². The van der Waals surface area contributed by atoms with E-state index >= 15 is 0 Å². The average molecular weight is 220 g/mol. The summed E-state index contributed by atoms with van der Waals surface area (Å²) in [5.41, 5.74) is 7.20. The SMILES string of the molecule is Cc1cc([C@@H](N)CCO)ccc1F.Cl. The van der Waals surface area contributed by atoms with Crippen LogP contribution in [0.15, 0.2) is 18.2 Å². The highest BCUT2D eigenvalue weighted by atomic mass is 35.5. The van der Waals surface area contributed by atoms with E-state index in [1.165, 1.54) is 6.07 Å². The van der Waals surface area contributed by atoms with E-state index < -0.39 is 0 Å². The molecule has 0 aromatic heterocycles. The lowest BCUT2D eigenvalue weighted by Crippen LogP contribution is -2.12. The van der Waals surface area contributed by atoms with Crippen molar-refractivity contribution in [1.29, 1.82) is 0 Å². The largest absolute Gasteiger partial charge is 0.396 e. The van der Waals surface area contributed by atoms with E-state index in [1.807, 2.05) is 0 Å². The van der Waals surface area contributed by atoms with Crippen LogP contribution in [0.3, 0.4) is 0 Å². The molecule has 80 valence electrons. The van der Waals surface area contributed by atoms with Crippen molar-refractivity contribution in [3.8, 4) is 0 Å². The maximum absolute atomic E-state index is 12.9. The second kappa shape index (κ2) is 5.96. The van der Waals surface area contributed by atoms with Crippen molar-refractivity contribution in [2.45, 2.75) is 19.4 Å². The molecule has 0 unspecified atom stereocenters. The Kier molecular flexibility index (Phi) is 5.69. The molecule has 1 aromatic rings. The van der Waals surface area contributed by atoms with Crippen LogP contribution in [0.2, 0.25) is 0 Å². The molecule has 0 fully saturated rings. The first-order valence-corrected chi connectivity index (χ1v) is 4.27. The van der Waals surface area contributed by atoms with Gasteiger partial charge in [0.2, 0.25) is 0 Å². The summed E-state index contributed by atoms with van der Waals surface area (Å²) in [6, 6.07) is 4.57. The zero-order valence-electron chi connectivity index (χ0n) is 8.03. The lowest BCUT2D eigenvalue weighted by atomic mass is 10.0. The summed E-state index contributed by atoms with van der Waals surface area (Å²) >= 11 is 0. The topological polar surface area (TPSA) is 46.2 Å². The Bertz CT molecular complexity index is 293. The quantitative estimate of drug-likeness (QED) is 0.816. The second-order valence-corrected chi connectivity index (χ2v) is 3.13. The highest BCUT2D eigenvalue weighted by Gasteiger charge is 2.06. The summed E-state index contributed by atoms with van der Waals surface area (Å²) in [7, 11) is 0. The third-order valence-corrected chi connectivity index (χ3v) is 2.05. The molecule has 14 heavy (non-hydrogen) atoms. The molecule has 1 rings (SSSR count). The third kappa shape index (κ3) is 3.25. The summed E-state index contributed by atoms with van der Waals surface area (Å²) in [4.78, 5) is 0. The van der Waals surface area contributed by atoms with Gasteiger partial charge >= 0.3 is 0 Å². The number of halogens is 2. The Hall–Kier alpha value is -0.640. The van der Waals surface area contributed by atoms with Crippen LogP contribution in [0.25, 0.3) is 0 Å². The molecule has 0 spiro atoms. The predicted molar refractivity (Wildman–Crippen MR) is 57.0 cm³/mol. The van der Waals surface area contributed by atoms with Crippen LogP contribution >= 0.6 is 12.4 Å². The fourth-order valence-corrected chi connectivity index (χ4v) is 1.20. The Balaban J connectivity index is 0.00000169.